The Balaban J connectivity index is 1.20. The first-order valence-corrected chi connectivity index (χ1v) is 17.5. The highest BCUT2D eigenvalue weighted by Gasteiger charge is 2.40. The maximum absolute atomic E-state index is 6.37. The number of para-hydroxylation sites is 2. The number of ether oxygens (including phenoxy) is 1. The van der Waals surface area contributed by atoms with Crippen LogP contribution in [0.5, 0.6) is 11.5 Å². The van der Waals surface area contributed by atoms with Crippen LogP contribution in [0, 0.1) is 0 Å². The number of hydrogen-bond acceptors (Lipinski definition) is 3. The number of nitrogens with one attached hydrogen (secondary N) is 1. The average Bonchev–Trinajstić information content (AvgIpc) is 3.87. The SMILES string of the molecule is CC1(C)c2cc(-c3ccc[nH]3)ccc2-c2nc(-c3ccc4c(c3)Cc3ccccc3O4)c(-n3c4ccccc4c4cc5ccccc5cc43)nc21. The van der Waals surface area contributed by atoms with Crippen molar-refractivity contribution in [3.8, 4) is 51.1 Å². The average molecular weight is 657 g/mol. The van der Waals surface area contributed by atoms with E-state index in [1.165, 1.54) is 32.7 Å². The van der Waals surface area contributed by atoms with Crippen molar-refractivity contribution < 1.29 is 4.74 Å². The van der Waals surface area contributed by atoms with Crippen LogP contribution in [-0.4, -0.2) is 19.5 Å². The summed E-state index contributed by atoms with van der Waals surface area (Å²) in [5, 5.41) is 4.81. The van der Waals surface area contributed by atoms with E-state index in [-0.39, 0.29) is 5.41 Å². The molecule has 0 unspecified atom stereocenters. The van der Waals surface area contributed by atoms with E-state index in [9.17, 15) is 0 Å². The molecule has 51 heavy (non-hydrogen) atoms. The van der Waals surface area contributed by atoms with Gasteiger partial charge in [-0.15, -0.1) is 0 Å². The van der Waals surface area contributed by atoms with Gasteiger partial charge in [-0.05, 0) is 93.7 Å². The quantitative estimate of drug-likeness (QED) is 0.206. The summed E-state index contributed by atoms with van der Waals surface area (Å²) in [5.74, 6) is 2.64. The molecule has 0 bridgehead atoms. The lowest BCUT2D eigenvalue weighted by Crippen LogP contribution is -2.19. The van der Waals surface area contributed by atoms with Gasteiger partial charge in [0.15, 0.2) is 5.82 Å². The molecule has 0 fully saturated rings. The van der Waals surface area contributed by atoms with Crippen LogP contribution in [-0.2, 0) is 11.8 Å². The van der Waals surface area contributed by atoms with Gasteiger partial charge in [-0.3, -0.25) is 4.57 Å². The molecule has 1 aliphatic carbocycles. The Bertz CT molecular complexity index is 2900. The zero-order valence-electron chi connectivity index (χ0n) is 28.2. The Morgan fingerprint density at radius 2 is 1.41 bits per heavy atom. The van der Waals surface area contributed by atoms with Gasteiger partial charge < -0.3 is 9.72 Å². The van der Waals surface area contributed by atoms with Crippen LogP contribution >= 0.6 is 0 Å². The van der Waals surface area contributed by atoms with Crippen molar-refractivity contribution in [2.24, 2.45) is 0 Å². The second-order valence-corrected chi connectivity index (χ2v) is 14.3. The summed E-state index contributed by atoms with van der Waals surface area (Å²) in [6, 6.07) is 47.6. The molecule has 242 valence electrons. The standard InChI is InChI=1S/C46H32N4O/c1-46(2)36-25-29(37-14-9-21-47-37)17-19-34(36)43-44(46)49-45(42(48-43)31-18-20-41-32(23-31)22-30-12-5-8-16-40(30)51-41)50-38-15-7-6-13-33(38)35-24-27-10-3-4-11-28(27)26-39(35)50/h3-21,23-26,47H,22H2,1-2H3. The van der Waals surface area contributed by atoms with Crippen LogP contribution < -0.4 is 4.74 Å². The fraction of sp³-hybridized carbons (Fsp3) is 0.0870. The third-order valence-electron chi connectivity index (χ3n) is 11.0. The molecule has 0 amide bonds. The van der Waals surface area contributed by atoms with Crippen molar-refractivity contribution in [3.05, 3.63) is 162 Å². The van der Waals surface area contributed by atoms with Gasteiger partial charge >= 0.3 is 0 Å². The molecule has 6 aromatic carbocycles. The normalized spacial score (nSPS) is 13.9. The Hall–Kier alpha value is -6.46. The second-order valence-electron chi connectivity index (χ2n) is 14.3. The van der Waals surface area contributed by atoms with Crippen LogP contribution in [0.3, 0.4) is 0 Å². The molecule has 5 heteroatoms. The zero-order valence-corrected chi connectivity index (χ0v) is 28.2. The molecule has 4 heterocycles. The van der Waals surface area contributed by atoms with Crippen molar-refractivity contribution >= 4 is 32.6 Å². The monoisotopic (exact) mass is 656 g/mol. The molecular formula is C46H32N4O. The largest absolute Gasteiger partial charge is 0.457 e. The lowest BCUT2D eigenvalue weighted by Gasteiger charge is -2.23. The predicted molar refractivity (Wildman–Crippen MR) is 206 cm³/mol. The first kappa shape index (κ1) is 28.4. The van der Waals surface area contributed by atoms with E-state index < -0.39 is 0 Å². The predicted octanol–water partition coefficient (Wildman–Crippen LogP) is 11.4. The molecule has 9 aromatic rings. The number of fused-ring (bicyclic) bond motifs is 9. The highest BCUT2D eigenvalue weighted by molar-refractivity contribution is 6.13. The summed E-state index contributed by atoms with van der Waals surface area (Å²) in [7, 11) is 0. The van der Waals surface area contributed by atoms with Gasteiger partial charge in [0.25, 0.3) is 0 Å². The summed E-state index contributed by atoms with van der Waals surface area (Å²) in [4.78, 5) is 14.8. The maximum atomic E-state index is 6.37. The molecule has 0 saturated heterocycles. The first-order valence-electron chi connectivity index (χ1n) is 17.5. The number of benzene rings is 6. The third kappa shape index (κ3) is 4.09. The van der Waals surface area contributed by atoms with Crippen LogP contribution in [0.25, 0.3) is 72.2 Å². The zero-order chi connectivity index (χ0) is 33.8. The van der Waals surface area contributed by atoms with Crippen molar-refractivity contribution in [2.45, 2.75) is 25.7 Å². The molecule has 0 saturated carbocycles. The van der Waals surface area contributed by atoms with Crippen LogP contribution in [0.1, 0.15) is 36.2 Å². The number of rotatable bonds is 3. The lowest BCUT2D eigenvalue weighted by atomic mass is 9.84. The van der Waals surface area contributed by atoms with Crippen LogP contribution in [0.2, 0.25) is 0 Å². The number of H-pyrrole nitrogens is 1. The fourth-order valence-corrected chi connectivity index (χ4v) is 8.39. The molecule has 11 rings (SSSR count). The minimum Gasteiger partial charge on any atom is -0.457 e. The van der Waals surface area contributed by atoms with E-state index in [0.29, 0.717) is 0 Å². The highest BCUT2D eigenvalue weighted by atomic mass is 16.5. The summed E-state index contributed by atoms with van der Waals surface area (Å²) in [5.41, 5.74) is 12.6. The lowest BCUT2D eigenvalue weighted by molar-refractivity contribution is 0.460. The van der Waals surface area contributed by atoms with Gasteiger partial charge in [0, 0.05) is 45.6 Å². The van der Waals surface area contributed by atoms with E-state index in [2.05, 4.69) is 139 Å². The van der Waals surface area contributed by atoms with E-state index in [1.807, 2.05) is 24.4 Å². The van der Waals surface area contributed by atoms with Crippen LogP contribution in [0.15, 0.2) is 140 Å². The van der Waals surface area contributed by atoms with E-state index in [4.69, 9.17) is 14.7 Å². The molecule has 0 spiro atoms. The number of nitrogens with zero attached hydrogens (tertiary/aromatic N) is 3. The van der Waals surface area contributed by atoms with Crippen molar-refractivity contribution in [1.82, 2.24) is 19.5 Å². The topological polar surface area (TPSA) is 55.7 Å². The van der Waals surface area contributed by atoms with Crippen LogP contribution in [0.4, 0.5) is 0 Å². The molecule has 1 aliphatic heterocycles. The molecule has 1 N–H and O–H groups in total. The smallest absolute Gasteiger partial charge is 0.164 e. The minimum atomic E-state index is -0.369. The molecule has 0 atom stereocenters. The number of aromatic nitrogens is 4. The van der Waals surface area contributed by atoms with E-state index in [0.717, 1.165) is 79.8 Å². The summed E-state index contributed by atoms with van der Waals surface area (Å²) >= 11 is 0. The fourth-order valence-electron chi connectivity index (χ4n) is 8.39. The Morgan fingerprint density at radius 3 is 2.29 bits per heavy atom. The summed E-state index contributed by atoms with van der Waals surface area (Å²) in [6.07, 6.45) is 2.77. The molecule has 5 nitrogen and oxygen atoms in total. The number of aromatic amines is 1. The van der Waals surface area contributed by atoms with Gasteiger partial charge in [-0.1, -0.05) is 86.6 Å². The van der Waals surface area contributed by atoms with Crippen molar-refractivity contribution in [2.75, 3.05) is 0 Å². The molecule has 2 aliphatic rings. The van der Waals surface area contributed by atoms with Crippen molar-refractivity contribution in [3.63, 3.8) is 0 Å². The first-order chi connectivity index (χ1) is 25.0. The van der Waals surface area contributed by atoms with Gasteiger partial charge in [0.1, 0.15) is 17.2 Å². The summed E-state index contributed by atoms with van der Waals surface area (Å²) in [6.45, 7) is 4.56. The van der Waals surface area contributed by atoms with E-state index >= 15 is 0 Å². The number of hydrogen-bond donors (Lipinski definition) is 1. The van der Waals surface area contributed by atoms with Gasteiger partial charge in [-0.2, -0.15) is 0 Å². The second kappa shape index (κ2) is 10.3. The van der Waals surface area contributed by atoms with Crippen molar-refractivity contribution in [1.29, 1.82) is 0 Å². The Morgan fingerprint density at radius 1 is 0.627 bits per heavy atom. The van der Waals surface area contributed by atoms with Gasteiger partial charge in [0.2, 0.25) is 0 Å². The van der Waals surface area contributed by atoms with Gasteiger partial charge in [0.05, 0.1) is 22.4 Å². The van der Waals surface area contributed by atoms with Gasteiger partial charge in [-0.25, -0.2) is 9.97 Å². The molecule has 3 aromatic heterocycles. The third-order valence-corrected chi connectivity index (χ3v) is 11.0. The Kier molecular flexibility index (Phi) is 5.72. The maximum Gasteiger partial charge on any atom is 0.164 e. The summed E-state index contributed by atoms with van der Waals surface area (Å²) < 4.78 is 8.71. The molecule has 0 radical (unpaired) electrons. The molecular weight excluding hydrogens is 625 g/mol. The Labute approximate surface area is 294 Å². The minimum absolute atomic E-state index is 0.369. The van der Waals surface area contributed by atoms with E-state index in [1.54, 1.807) is 0 Å². The highest BCUT2D eigenvalue weighted by Crippen LogP contribution is 2.50.